The standard InChI is InChI=1S/C6H6N.U/c1-6-3-2-4-7-5-6;/h2-4H,1H3;/q-1;. The molecule has 0 aliphatic carbocycles. The van der Waals surface area contributed by atoms with Gasteiger partial charge in [-0.15, -0.1) is 5.56 Å². The second-order valence-corrected chi connectivity index (χ2v) is 1.43. The average Bonchev–Trinajstić information content (AvgIpc) is 1.69. The van der Waals surface area contributed by atoms with Crippen LogP contribution in [0, 0.1) is 44.2 Å². The number of nitrogens with zero attached hydrogens (tertiary/aromatic N) is 1. The fourth-order valence-corrected chi connectivity index (χ4v) is 0.407. The molecule has 40 valence electrons. The minimum absolute atomic E-state index is 0. The number of aromatic nitrogens is 1. The third kappa shape index (κ3) is 2.49. The van der Waals surface area contributed by atoms with Crippen molar-refractivity contribution in [3.05, 3.63) is 30.1 Å². The molecule has 1 aromatic heterocycles. The Bertz CT molecular complexity index is 138. The second kappa shape index (κ2) is 4.12. The summed E-state index contributed by atoms with van der Waals surface area (Å²) in [7, 11) is 0. The van der Waals surface area contributed by atoms with E-state index in [-0.39, 0.29) is 31.1 Å². The van der Waals surface area contributed by atoms with Crippen LogP contribution in [0.4, 0.5) is 0 Å². The molecule has 0 atom stereocenters. The van der Waals surface area contributed by atoms with Crippen molar-refractivity contribution in [2.75, 3.05) is 0 Å². The molecule has 0 aromatic carbocycles. The third-order valence-electron chi connectivity index (χ3n) is 0.748. The number of hydrogen-bond acceptors (Lipinski definition) is 1. The number of pyridine rings is 1. The van der Waals surface area contributed by atoms with Gasteiger partial charge < -0.3 is 4.98 Å². The van der Waals surface area contributed by atoms with Crippen LogP contribution in [0.25, 0.3) is 0 Å². The summed E-state index contributed by atoms with van der Waals surface area (Å²) in [5, 5.41) is 0. The molecule has 2 heteroatoms. The van der Waals surface area contributed by atoms with Crippen LogP contribution < -0.4 is 0 Å². The Kier molecular flexibility index (Phi) is 4.22. The summed E-state index contributed by atoms with van der Waals surface area (Å²) in [5.74, 6) is 0. The largest absolute Gasteiger partial charge is 0.394 e. The molecule has 1 nitrogen and oxygen atoms in total. The monoisotopic (exact) mass is 330 g/mol. The summed E-state index contributed by atoms with van der Waals surface area (Å²) < 4.78 is 0. The Morgan fingerprint density at radius 2 is 2.38 bits per heavy atom. The predicted molar refractivity (Wildman–Crippen MR) is 27.8 cm³/mol. The molecule has 0 N–H and O–H groups in total. The first-order valence-electron chi connectivity index (χ1n) is 2.19. The van der Waals surface area contributed by atoms with E-state index in [1.54, 1.807) is 6.20 Å². The van der Waals surface area contributed by atoms with E-state index in [0.29, 0.717) is 0 Å². The van der Waals surface area contributed by atoms with E-state index in [2.05, 4.69) is 11.2 Å². The van der Waals surface area contributed by atoms with Gasteiger partial charge in [0.05, 0.1) is 0 Å². The maximum absolute atomic E-state index is 3.76. The van der Waals surface area contributed by atoms with Crippen LogP contribution in [0.3, 0.4) is 0 Å². The number of rotatable bonds is 0. The molecule has 0 spiro atoms. The first-order valence-corrected chi connectivity index (χ1v) is 2.19. The van der Waals surface area contributed by atoms with Gasteiger partial charge in [-0.25, -0.2) is 0 Å². The van der Waals surface area contributed by atoms with E-state index < -0.39 is 0 Å². The zero-order valence-corrected chi connectivity index (χ0v) is 8.84. The molecular weight excluding hydrogens is 324 g/mol. The van der Waals surface area contributed by atoms with Crippen LogP contribution >= 0.6 is 0 Å². The summed E-state index contributed by atoms with van der Waals surface area (Å²) in [6.07, 6.45) is 4.50. The minimum atomic E-state index is 0. The first kappa shape index (κ1) is 8.20. The van der Waals surface area contributed by atoms with Gasteiger partial charge >= 0.3 is 0 Å². The van der Waals surface area contributed by atoms with Crippen molar-refractivity contribution in [2.45, 2.75) is 6.92 Å². The molecule has 0 fully saturated rings. The molecule has 0 saturated carbocycles. The molecule has 0 bridgehead atoms. The molecule has 0 aliphatic heterocycles. The van der Waals surface area contributed by atoms with E-state index in [1.807, 2.05) is 19.1 Å². The third-order valence-corrected chi connectivity index (χ3v) is 0.748. The summed E-state index contributed by atoms with van der Waals surface area (Å²) in [4.78, 5) is 3.76. The van der Waals surface area contributed by atoms with E-state index in [4.69, 9.17) is 0 Å². The van der Waals surface area contributed by atoms with Gasteiger partial charge in [0.1, 0.15) is 0 Å². The van der Waals surface area contributed by atoms with Gasteiger partial charge in [0.25, 0.3) is 0 Å². The fourth-order valence-electron chi connectivity index (χ4n) is 0.407. The maximum atomic E-state index is 3.76. The Balaban J connectivity index is 0.000000490. The van der Waals surface area contributed by atoms with Gasteiger partial charge in [0.15, 0.2) is 0 Å². The molecule has 1 aromatic rings. The molecule has 0 saturated heterocycles. The molecule has 0 unspecified atom stereocenters. The Labute approximate surface area is 72.9 Å². The van der Waals surface area contributed by atoms with Crippen LogP contribution in [-0.4, -0.2) is 4.98 Å². The van der Waals surface area contributed by atoms with Crippen LogP contribution in [0.1, 0.15) is 5.56 Å². The van der Waals surface area contributed by atoms with Crippen molar-refractivity contribution in [3.8, 4) is 0 Å². The molecule has 8 heavy (non-hydrogen) atoms. The fraction of sp³-hybridized carbons (Fsp3) is 0.167. The summed E-state index contributed by atoms with van der Waals surface area (Å²) >= 11 is 0. The molecule has 0 amide bonds. The molecule has 0 radical (unpaired) electrons. The molecular formula is C6H6NU-. The van der Waals surface area contributed by atoms with Gasteiger partial charge in [-0.1, -0.05) is 19.3 Å². The van der Waals surface area contributed by atoms with Crippen LogP contribution in [0.15, 0.2) is 18.3 Å². The van der Waals surface area contributed by atoms with E-state index in [1.165, 1.54) is 0 Å². The Morgan fingerprint density at radius 1 is 1.62 bits per heavy atom. The van der Waals surface area contributed by atoms with Crippen molar-refractivity contribution >= 4 is 0 Å². The van der Waals surface area contributed by atoms with Crippen LogP contribution in [0.5, 0.6) is 0 Å². The number of aryl methyl sites for hydroxylation is 1. The first-order chi connectivity index (χ1) is 3.39. The summed E-state index contributed by atoms with van der Waals surface area (Å²) in [6.45, 7) is 1.97. The van der Waals surface area contributed by atoms with Crippen LogP contribution in [-0.2, 0) is 0 Å². The quantitative estimate of drug-likeness (QED) is 0.652. The van der Waals surface area contributed by atoms with Crippen LogP contribution in [0.2, 0.25) is 0 Å². The number of hydrogen-bond donors (Lipinski definition) is 0. The van der Waals surface area contributed by atoms with Crippen molar-refractivity contribution in [2.24, 2.45) is 0 Å². The average molecular weight is 330 g/mol. The zero-order chi connectivity index (χ0) is 5.11. The van der Waals surface area contributed by atoms with E-state index in [0.717, 1.165) is 5.56 Å². The predicted octanol–water partition coefficient (Wildman–Crippen LogP) is 1.19. The van der Waals surface area contributed by atoms with Gasteiger partial charge in [-0.3, -0.25) is 0 Å². The topological polar surface area (TPSA) is 12.9 Å². The zero-order valence-electron chi connectivity index (χ0n) is 4.68. The van der Waals surface area contributed by atoms with Gasteiger partial charge in [0, 0.05) is 31.1 Å². The summed E-state index contributed by atoms with van der Waals surface area (Å²) in [6, 6.07) is 3.86. The molecule has 0 aliphatic rings. The Morgan fingerprint density at radius 3 is 2.62 bits per heavy atom. The Hall–Kier alpha value is 0.202. The van der Waals surface area contributed by atoms with Crippen molar-refractivity contribution < 1.29 is 31.1 Å². The van der Waals surface area contributed by atoms with Crippen molar-refractivity contribution in [1.29, 1.82) is 0 Å². The molecule has 1 rings (SSSR count). The smallest absolute Gasteiger partial charge is 0 e. The SMILES string of the molecule is Cc1[c-]nccc1.[U]. The normalized spacial score (nSPS) is 7.62. The van der Waals surface area contributed by atoms with Crippen molar-refractivity contribution in [1.82, 2.24) is 4.98 Å². The maximum Gasteiger partial charge on any atom is 0 e. The summed E-state index contributed by atoms with van der Waals surface area (Å²) in [5.41, 5.74) is 1.09. The second-order valence-electron chi connectivity index (χ2n) is 1.43. The van der Waals surface area contributed by atoms with Gasteiger partial charge in [-0.05, 0) is 0 Å². The van der Waals surface area contributed by atoms with E-state index >= 15 is 0 Å². The van der Waals surface area contributed by atoms with Gasteiger partial charge in [-0.2, -0.15) is 12.1 Å². The molecule has 1 heterocycles. The minimum Gasteiger partial charge on any atom is -0.394 e. The van der Waals surface area contributed by atoms with Gasteiger partial charge in [0.2, 0.25) is 0 Å². The van der Waals surface area contributed by atoms with Crippen molar-refractivity contribution in [3.63, 3.8) is 0 Å². The van der Waals surface area contributed by atoms with E-state index in [9.17, 15) is 0 Å².